The molecule has 1 aliphatic heterocycles. The molecule has 160 valence electrons. The molecule has 2 amide bonds. The highest BCUT2D eigenvalue weighted by atomic mass is 16.2. The van der Waals surface area contributed by atoms with E-state index in [-0.39, 0.29) is 18.4 Å². The summed E-state index contributed by atoms with van der Waals surface area (Å²) in [4.78, 5) is 29.9. The van der Waals surface area contributed by atoms with Gasteiger partial charge in [0, 0.05) is 57.1 Å². The van der Waals surface area contributed by atoms with Gasteiger partial charge in [-0.1, -0.05) is 12.1 Å². The number of benzene rings is 1. The molecule has 0 saturated carbocycles. The zero-order valence-electron chi connectivity index (χ0n) is 18.0. The van der Waals surface area contributed by atoms with Crippen LogP contribution in [0, 0.1) is 13.8 Å². The number of piperazine rings is 1. The molecule has 1 aromatic heterocycles. The Bertz CT molecular complexity index is 947. The zero-order chi connectivity index (χ0) is 21.7. The first-order valence-electron chi connectivity index (χ1n) is 9.97. The molecule has 0 spiro atoms. The van der Waals surface area contributed by atoms with E-state index in [2.05, 4.69) is 26.0 Å². The third-order valence-electron chi connectivity index (χ3n) is 5.30. The van der Waals surface area contributed by atoms with Crippen molar-refractivity contribution in [3.63, 3.8) is 0 Å². The van der Waals surface area contributed by atoms with Gasteiger partial charge in [-0.05, 0) is 31.5 Å². The first kappa shape index (κ1) is 21.4. The van der Waals surface area contributed by atoms with Crippen molar-refractivity contribution in [3.05, 3.63) is 52.3 Å². The molecule has 2 aromatic rings. The number of hydrogen-bond acceptors (Lipinski definition) is 4. The highest BCUT2D eigenvalue weighted by molar-refractivity contribution is 5.97. The number of carbonyl (C=O) groups excluding carboxylic acids is 2. The van der Waals surface area contributed by atoms with Crippen molar-refractivity contribution in [1.29, 1.82) is 0 Å². The standard InChI is InChI=1S/C21H29N7O2/c1-14-18(15(2)27(4)26-14)12-25-21(22-3)24-11-16-5-7-17(8-6-16)20(30)28-10-9-23-19(29)13-28/h5-8H,9-13H2,1-4H3,(H,23,29)(H2,22,24,25). The molecule has 0 aliphatic carbocycles. The second-order valence-electron chi connectivity index (χ2n) is 7.33. The average molecular weight is 412 g/mol. The molecule has 2 heterocycles. The van der Waals surface area contributed by atoms with E-state index in [1.54, 1.807) is 24.1 Å². The molecule has 3 rings (SSSR count). The second kappa shape index (κ2) is 9.43. The van der Waals surface area contributed by atoms with Crippen molar-refractivity contribution in [2.75, 3.05) is 26.7 Å². The van der Waals surface area contributed by atoms with E-state index in [0.29, 0.717) is 37.7 Å². The van der Waals surface area contributed by atoms with E-state index in [4.69, 9.17) is 0 Å². The first-order valence-corrected chi connectivity index (χ1v) is 9.97. The van der Waals surface area contributed by atoms with Crippen LogP contribution in [0.3, 0.4) is 0 Å². The quantitative estimate of drug-likeness (QED) is 0.490. The van der Waals surface area contributed by atoms with Crippen LogP contribution in [0.15, 0.2) is 29.3 Å². The third-order valence-corrected chi connectivity index (χ3v) is 5.30. The Kier molecular flexibility index (Phi) is 6.71. The number of aromatic nitrogens is 2. The summed E-state index contributed by atoms with van der Waals surface area (Å²) in [6, 6.07) is 7.41. The van der Waals surface area contributed by atoms with Gasteiger partial charge in [0.25, 0.3) is 5.91 Å². The van der Waals surface area contributed by atoms with Gasteiger partial charge < -0.3 is 20.9 Å². The number of guanidine groups is 1. The zero-order valence-corrected chi connectivity index (χ0v) is 18.0. The van der Waals surface area contributed by atoms with Crippen molar-refractivity contribution in [2.24, 2.45) is 12.0 Å². The summed E-state index contributed by atoms with van der Waals surface area (Å²) < 4.78 is 1.88. The number of rotatable bonds is 5. The summed E-state index contributed by atoms with van der Waals surface area (Å²) in [5.41, 5.74) is 4.90. The van der Waals surface area contributed by atoms with Gasteiger partial charge in [0.1, 0.15) is 0 Å². The van der Waals surface area contributed by atoms with Gasteiger partial charge >= 0.3 is 0 Å². The van der Waals surface area contributed by atoms with E-state index < -0.39 is 0 Å². The van der Waals surface area contributed by atoms with Crippen LogP contribution in [0.1, 0.15) is 32.9 Å². The van der Waals surface area contributed by atoms with Crippen molar-refractivity contribution >= 4 is 17.8 Å². The molecule has 0 atom stereocenters. The van der Waals surface area contributed by atoms with Crippen molar-refractivity contribution in [1.82, 2.24) is 30.6 Å². The number of aliphatic imine (C=N–C) groups is 1. The topological polar surface area (TPSA) is 104 Å². The first-order chi connectivity index (χ1) is 14.4. The van der Waals surface area contributed by atoms with Crippen LogP contribution in [0.25, 0.3) is 0 Å². The number of hydrogen-bond donors (Lipinski definition) is 3. The smallest absolute Gasteiger partial charge is 0.254 e. The molecular weight excluding hydrogens is 382 g/mol. The van der Waals surface area contributed by atoms with Crippen LogP contribution in [0.2, 0.25) is 0 Å². The molecular formula is C21H29N7O2. The molecule has 1 saturated heterocycles. The van der Waals surface area contributed by atoms with Crippen molar-refractivity contribution in [3.8, 4) is 0 Å². The van der Waals surface area contributed by atoms with Crippen LogP contribution < -0.4 is 16.0 Å². The van der Waals surface area contributed by atoms with Gasteiger partial charge in [0.2, 0.25) is 5.91 Å². The fraction of sp³-hybridized carbons (Fsp3) is 0.429. The Morgan fingerprint density at radius 3 is 2.50 bits per heavy atom. The largest absolute Gasteiger partial charge is 0.353 e. The molecule has 1 aromatic carbocycles. The highest BCUT2D eigenvalue weighted by Gasteiger charge is 2.22. The van der Waals surface area contributed by atoms with E-state index in [0.717, 1.165) is 22.5 Å². The Morgan fingerprint density at radius 2 is 1.90 bits per heavy atom. The molecule has 9 heteroatoms. The fourth-order valence-corrected chi connectivity index (χ4v) is 3.41. The SMILES string of the molecule is CN=C(NCc1ccc(C(=O)N2CCNC(=O)C2)cc1)NCc1c(C)nn(C)c1C. The average Bonchev–Trinajstić information content (AvgIpc) is 2.99. The van der Waals surface area contributed by atoms with Gasteiger partial charge in [-0.15, -0.1) is 0 Å². The van der Waals surface area contributed by atoms with Crippen LogP contribution in [-0.4, -0.2) is 59.1 Å². The maximum Gasteiger partial charge on any atom is 0.254 e. The molecule has 0 bridgehead atoms. The lowest BCUT2D eigenvalue weighted by atomic mass is 10.1. The minimum absolute atomic E-state index is 0.111. The Hall–Kier alpha value is -3.36. The van der Waals surface area contributed by atoms with Gasteiger partial charge in [0.05, 0.1) is 12.2 Å². The minimum Gasteiger partial charge on any atom is -0.353 e. The monoisotopic (exact) mass is 411 g/mol. The Balaban J connectivity index is 1.53. The Labute approximate surface area is 176 Å². The highest BCUT2D eigenvalue weighted by Crippen LogP contribution is 2.11. The maximum atomic E-state index is 12.5. The lowest BCUT2D eigenvalue weighted by Gasteiger charge is -2.26. The van der Waals surface area contributed by atoms with Gasteiger partial charge in [-0.3, -0.25) is 19.3 Å². The third kappa shape index (κ3) is 4.97. The lowest BCUT2D eigenvalue weighted by molar-refractivity contribution is -0.123. The molecule has 3 N–H and O–H groups in total. The predicted octanol–water partition coefficient (Wildman–Crippen LogP) is 0.474. The number of carbonyl (C=O) groups is 2. The summed E-state index contributed by atoms with van der Waals surface area (Å²) in [6.45, 7) is 6.40. The van der Waals surface area contributed by atoms with Gasteiger partial charge in [0.15, 0.2) is 5.96 Å². The molecule has 1 fully saturated rings. The number of nitrogens with zero attached hydrogens (tertiary/aromatic N) is 4. The molecule has 30 heavy (non-hydrogen) atoms. The van der Waals surface area contributed by atoms with E-state index in [9.17, 15) is 9.59 Å². The van der Waals surface area contributed by atoms with Crippen LogP contribution in [0.4, 0.5) is 0 Å². The second-order valence-corrected chi connectivity index (χ2v) is 7.33. The summed E-state index contributed by atoms with van der Waals surface area (Å²) >= 11 is 0. The molecule has 1 aliphatic rings. The predicted molar refractivity (Wildman–Crippen MR) is 115 cm³/mol. The number of aryl methyl sites for hydroxylation is 2. The van der Waals surface area contributed by atoms with Crippen molar-refractivity contribution < 1.29 is 9.59 Å². The molecule has 0 radical (unpaired) electrons. The van der Waals surface area contributed by atoms with Crippen LogP contribution >= 0.6 is 0 Å². The normalized spacial score (nSPS) is 14.5. The van der Waals surface area contributed by atoms with Crippen LogP contribution in [-0.2, 0) is 24.9 Å². The molecule has 0 unspecified atom stereocenters. The molecule has 9 nitrogen and oxygen atoms in total. The Morgan fingerprint density at radius 1 is 1.20 bits per heavy atom. The number of nitrogens with one attached hydrogen (secondary N) is 3. The summed E-state index contributed by atoms with van der Waals surface area (Å²) in [6.07, 6.45) is 0. The van der Waals surface area contributed by atoms with Gasteiger partial charge in [-0.2, -0.15) is 5.10 Å². The van der Waals surface area contributed by atoms with E-state index >= 15 is 0 Å². The van der Waals surface area contributed by atoms with Gasteiger partial charge in [-0.25, -0.2) is 0 Å². The van der Waals surface area contributed by atoms with E-state index in [1.807, 2.05) is 37.7 Å². The van der Waals surface area contributed by atoms with E-state index in [1.165, 1.54) is 0 Å². The minimum atomic E-state index is -0.121. The summed E-state index contributed by atoms with van der Waals surface area (Å²) in [5.74, 6) is 0.451. The number of amides is 2. The van der Waals surface area contributed by atoms with Crippen molar-refractivity contribution in [2.45, 2.75) is 26.9 Å². The fourth-order valence-electron chi connectivity index (χ4n) is 3.41. The maximum absolute atomic E-state index is 12.5. The lowest BCUT2D eigenvalue weighted by Crippen LogP contribution is -2.49. The van der Waals surface area contributed by atoms with Crippen LogP contribution in [0.5, 0.6) is 0 Å². The summed E-state index contributed by atoms with van der Waals surface area (Å²) in [5, 5.41) is 13.8. The summed E-state index contributed by atoms with van der Waals surface area (Å²) in [7, 11) is 3.67.